The van der Waals surface area contributed by atoms with Crippen molar-refractivity contribution in [3.63, 3.8) is 0 Å². The summed E-state index contributed by atoms with van der Waals surface area (Å²) in [6.07, 6.45) is 0.660. The summed E-state index contributed by atoms with van der Waals surface area (Å²) >= 11 is 3.26. The Morgan fingerprint density at radius 2 is 2.17 bits per heavy atom. The Kier molecular flexibility index (Phi) is 3.93. The Morgan fingerprint density at radius 3 is 2.78 bits per heavy atom. The van der Waals surface area contributed by atoms with Crippen molar-refractivity contribution in [3.8, 4) is 0 Å². The van der Waals surface area contributed by atoms with E-state index in [9.17, 15) is 9.59 Å². The number of ether oxygens (including phenoxy) is 1. The van der Waals surface area contributed by atoms with Crippen LogP contribution >= 0.6 is 15.9 Å². The van der Waals surface area contributed by atoms with Crippen molar-refractivity contribution < 1.29 is 19.4 Å². The molecular formula is C11H11BrN2O4. The van der Waals surface area contributed by atoms with Crippen molar-refractivity contribution >= 4 is 33.6 Å². The Morgan fingerprint density at radius 1 is 1.44 bits per heavy atom. The van der Waals surface area contributed by atoms with Crippen LogP contribution in [0.3, 0.4) is 0 Å². The monoisotopic (exact) mass is 314 g/mol. The predicted octanol–water partition coefficient (Wildman–Crippen LogP) is 1.41. The smallest absolute Gasteiger partial charge is 0.332 e. The van der Waals surface area contributed by atoms with Gasteiger partial charge >= 0.3 is 5.97 Å². The zero-order valence-corrected chi connectivity index (χ0v) is 10.9. The van der Waals surface area contributed by atoms with E-state index in [1.54, 1.807) is 18.3 Å². The van der Waals surface area contributed by atoms with E-state index in [4.69, 9.17) is 9.84 Å². The molecule has 0 bridgehead atoms. The van der Waals surface area contributed by atoms with Gasteiger partial charge in [0.2, 0.25) is 0 Å². The lowest BCUT2D eigenvalue weighted by Gasteiger charge is -2.11. The van der Waals surface area contributed by atoms with Crippen molar-refractivity contribution in [1.82, 2.24) is 4.98 Å². The molecule has 1 aromatic heterocycles. The van der Waals surface area contributed by atoms with Crippen molar-refractivity contribution in [2.75, 3.05) is 5.32 Å². The topological polar surface area (TPSA) is 88.5 Å². The molecule has 2 N–H and O–H groups in total. The minimum atomic E-state index is -1.04. The second-order valence-corrected chi connectivity index (χ2v) is 4.71. The van der Waals surface area contributed by atoms with Gasteiger partial charge in [-0.2, -0.15) is 0 Å². The first-order valence-electron chi connectivity index (χ1n) is 5.37. The van der Waals surface area contributed by atoms with E-state index in [0.717, 1.165) is 0 Å². The van der Waals surface area contributed by atoms with Crippen LogP contribution in [-0.2, 0) is 14.3 Å². The molecule has 0 saturated carbocycles. The second kappa shape index (κ2) is 5.45. The van der Waals surface area contributed by atoms with Gasteiger partial charge in [-0.15, -0.1) is 0 Å². The molecule has 2 atom stereocenters. The maximum Gasteiger partial charge on any atom is 0.332 e. The van der Waals surface area contributed by atoms with Crippen LogP contribution in [0.4, 0.5) is 5.82 Å². The van der Waals surface area contributed by atoms with Crippen LogP contribution in [0.25, 0.3) is 0 Å². The third kappa shape index (κ3) is 2.85. The van der Waals surface area contributed by atoms with Crippen LogP contribution in [0.5, 0.6) is 0 Å². The van der Waals surface area contributed by atoms with Gasteiger partial charge < -0.3 is 15.2 Å². The molecule has 1 aromatic rings. The van der Waals surface area contributed by atoms with Crippen LogP contribution in [-0.4, -0.2) is 34.2 Å². The number of carbonyl (C=O) groups is 2. The standard InChI is InChI=1S/C11H11BrN2O4/c12-6-2-1-5-13-9(6)14-10(15)7-3-4-8(18-7)11(16)17/h1-2,5,7-8H,3-4H2,(H,16,17)(H,13,14,15)/t7-,8+/m0/s1. The van der Waals surface area contributed by atoms with Crippen LogP contribution < -0.4 is 5.32 Å². The highest BCUT2D eigenvalue weighted by Gasteiger charge is 2.34. The third-order valence-corrected chi connectivity index (χ3v) is 3.23. The minimum Gasteiger partial charge on any atom is -0.479 e. The molecule has 6 nitrogen and oxygen atoms in total. The highest BCUT2D eigenvalue weighted by atomic mass is 79.9. The van der Waals surface area contributed by atoms with Gasteiger partial charge in [-0.3, -0.25) is 4.79 Å². The largest absolute Gasteiger partial charge is 0.479 e. The fraction of sp³-hybridized carbons (Fsp3) is 0.364. The van der Waals surface area contributed by atoms with Crippen molar-refractivity contribution in [1.29, 1.82) is 0 Å². The van der Waals surface area contributed by atoms with E-state index in [0.29, 0.717) is 23.1 Å². The Hall–Kier alpha value is -1.47. The molecule has 0 aromatic carbocycles. The fourth-order valence-corrected chi connectivity index (χ4v) is 2.04. The Labute approximate surface area is 111 Å². The van der Waals surface area contributed by atoms with E-state index >= 15 is 0 Å². The summed E-state index contributed by atoms with van der Waals surface area (Å²) in [7, 11) is 0. The number of pyridine rings is 1. The maximum absolute atomic E-state index is 11.8. The Balaban J connectivity index is 1.98. The molecule has 0 radical (unpaired) electrons. The summed E-state index contributed by atoms with van der Waals surface area (Å²) in [6.45, 7) is 0. The van der Waals surface area contributed by atoms with E-state index in [1.165, 1.54) is 0 Å². The summed E-state index contributed by atoms with van der Waals surface area (Å²) in [4.78, 5) is 26.5. The molecule has 1 saturated heterocycles. The fourth-order valence-electron chi connectivity index (χ4n) is 1.69. The number of amides is 1. The molecule has 1 aliphatic heterocycles. The van der Waals surface area contributed by atoms with Gasteiger partial charge in [-0.25, -0.2) is 9.78 Å². The van der Waals surface area contributed by atoms with Gasteiger partial charge in [0, 0.05) is 6.20 Å². The molecule has 7 heteroatoms. The lowest BCUT2D eigenvalue weighted by atomic mass is 10.2. The summed E-state index contributed by atoms with van der Waals surface area (Å²) in [5.74, 6) is -1.02. The van der Waals surface area contributed by atoms with Crippen molar-refractivity contribution in [2.24, 2.45) is 0 Å². The van der Waals surface area contributed by atoms with Gasteiger partial charge in [0.05, 0.1) is 4.47 Å². The molecule has 0 unspecified atom stereocenters. The highest BCUT2D eigenvalue weighted by molar-refractivity contribution is 9.10. The molecule has 18 heavy (non-hydrogen) atoms. The molecule has 2 heterocycles. The van der Waals surface area contributed by atoms with Crippen LogP contribution in [0, 0.1) is 0 Å². The first-order chi connectivity index (χ1) is 8.58. The number of halogens is 1. The number of carbonyl (C=O) groups excluding carboxylic acids is 1. The second-order valence-electron chi connectivity index (χ2n) is 3.85. The summed E-state index contributed by atoms with van der Waals surface area (Å²) < 4.78 is 5.80. The number of carboxylic acid groups (broad SMARTS) is 1. The number of hydrogen-bond acceptors (Lipinski definition) is 4. The first kappa shape index (κ1) is 13.0. The number of anilines is 1. The maximum atomic E-state index is 11.8. The first-order valence-corrected chi connectivity index (χ1v) is 6.17. The van der Waals surface area contributed by atoms with E-state index < -0.39 is 18.2 Å². The number of aromatic nitrogens is 1. The molecule has 0 aliphatic carbocycles. The van der Waals surface area contributed by atoms with Crippen LogP contribution in [0.15, 0.2) is 22.8 Å². The number of nitrogens with one attached hydrogen (secondary N) is 1. The van der Waals surface area contributed by atoms with Crippen LogP contribution in [0.1, 0.15) is 12.8 Å². The van der Waals surface area contributed by atoms with Gasteiger partial charge in [0.25, 0.3) is 5.91 Å². The van der Waals surface area contributed by atoms with Gasteiger partial charge in [0.1, 0.15) is 11.9 Å². The van der Waals surface area contributed by atoms with E-state index in [-0.39, 0.29) is 5.91 Å². The van der Waals surface area contributed by atoms with Crippen molar-refractivity contribution in [3.05, 3.63) is 22.8 Å². The van der Waals surface area contributed by atoms with Gasteiger partial charge in [-0.05, 0) is 40.9 Å². The quantitative estimate of drug-likeness (QED) is 0.880. The summed E-state index contributed by atoms with van der Waals surface area (Å²) in [5.41, 5.74) is 0. The van der Waals surface area contributed by atoms with Crippen molar-refractivity contribution in [2.45, 2.75) is 25.0 Å². The molecule has 1 amide bonds. The van der Waals surface area contributed by atoms with E-state index in [1.807, 2.05) is 0 Å². The van der Waals surface area contributed by atoms with Gasteiger partial charge in [-0.1, -0.05) is 0 Å². The number of aliphatic carboxylic acids is 1. The molecule has 2 rings (SSSR count). The normalized spacial score (nSPS) is 22.7. The average molecular weight is 315 g/mol. The summed E-state index contributed by atoms with van der Waals surface area (Å²) in [5, 5.41) is 11.4. The minimum absolute atomic E-state index is 0.344. The third-order valence-electron chi connectivity index (χ3n) is 2.59. The highest BCUT2D eigenvalue weighted by Crippen LogP contribution is 2.23. The lowest BCUT2D eigenvalue weighted by molar-refractivity contribution is -0.150. The number of hydrogen-bond donors (Lipinski definition) is 2. The van der Waals surface area contributed by atoms with E-state index in [2.05, 4.69) is 26.2 Å². The predicted molar refractivity (Wildman–Crippen MR) is 66.1 cm³/mol. The number of nitrogens with zero attached hydrogens (tertiary/aromatic N) is 1. The molecule has 1 aliphatic rings. The zero-order valence-electron chi connectivity index (χ0n) is 9.30. The molecule has 0 spiro atoms. The van der Waals surface area contributed by atoms with Gasteiger partial charge in [0.15, 0.2) is 6.10 Å². The number of carboxylic acids is 1. The molecule has 1 fully saturated rings. The number of rotatable bonds is 3. The molecule has 96 valence electrons. The SMILES string of the molecule is O=C(Nc1ncccc1Br)[C@@H]1CC[C@H](C(=O)O)O1. The average Bonchev–Trinajstić information content (AvgIpc) is 2.81. The molecular weight excluding hydrogens is 304 g/mol. The lowest BCUT2D eigenvalue weighted by Crippen LogP contribution is -2.30. The zero-order chi connectivity index (χ0) is 13.1. The van der Waals surface area contributed by atoms with Crippen LogP contribution in [0.2, 0.25) is 0 Å². The summed E-state index contributed by atoms with van der Waals surface area (Å²) in [6, 6.07) is 3.48. The Bertz CT molecular complexity index is 480.